The van der Waals surface area contributed by atoms with Crippen LogP contribution in [0.2, 0.25) is 0 Å². The molecule has 1 aromatic carbocycles. The Kier molecular flexibility index (Phi) is 13.0. The van der Waals surface area contributed by atoms with E-state index in [-0.39, 0.29) is 16.2 Å². The SMILES string of the molecule is COC(=O)C(Cc1cn(C)c2ccccc12)N(C)C(=O)C(CCC(=O)N(C)C(=O)C(F)(F)F)N(C)C(=O)C(C(C)C)N(C)C(=O)C(F)(F)F. The Morgan fingerprint density at radius 2 is 1.33 bits per heavy atom. The van der Waals surface area contributed by atoms with Crippen LogP contribution in [0.1, 0.15) is 32.3 Å². The van der Waals surface area contributed by atoms with E-state index in [1.54, 1.807) is 36.0 Å². The summed E-state index contributed by atoms with van der Waals surface area (Å²) >= 11 is 0. The Morgan fingerprint density at radius 3 is 1.84 bits per heavy atom. The summed E-state index contributed by atoms with van der Waals surface area (Å²) < 4.78 is 85.6. The van der Waals surface area contributed by atoms with Crippen molar-refractivity contribution in [3.63, 3.8) is 0 Å². The molecule has 5 amide bonds. The molecule has 1 aromatic heterocycles. The predicted molar refractivity (Wildman–Crippen MR) is 162 cm³/mol. The number of fused-ring (bicyclic) bond motifs is 1. The first-order chi connectivity index (χ1) is 22.5. The monoisotopic (exact) mass is 707 g/mol. The molecule has 0 aliphatic carbocycles. The van der Waals surface area contributed by atoms with Crippen molar-refractivity contribution in [3.8, 4) is 0 Å². The lowest BCUT2D eigenvalue weighted by Gasteiger charge is -2.38. The van der Waals surface area contributed by atoms with Crippen LogP contribution in [-0.2, 0) is 47.0 Å². The van der Waals surface area contributed by atoms with E-state index in [0.29, 0.717) is 17.5 Å². The number of alkyl halides is 6. The molecule has 2 aromatic rings. The number of aromatic nitrogens is 1. The highest BCUT2D eigenvalue weighted by Gasteiger charge is 2.47. The lowest BCUT2D eigenvalue weighted by Crippen LogP contribution is -2.59. The number of rotatable bonds is 12. The number of benzene rings is 1. The molecule has 0 radical (unpaired) electrons. The fourth-order valence-corrected chi connectivity index (χ4v) is 5.50. The third-order valence-corrected chi connectivity index (χ3v) is 8.20. The van der Waals surface area contributed by atoms with Crippen molar-refractivity contribution in [2.45, 2.75) is 63.6 Å². The maximum absolute atomic E-state index is 14.1. The number of hydrogen-bond acceptors (Lipinski definition) is 7. The van der Waals surface area contributed by atoms with Gasteiger partial charge in [0.05, 0.1) is 7.11 Å². The quantitative estimate of drug-likeness (QED) is 0.245. The van der Waals surface area contributed by atoms with Crippen LogP contribution in [0.5, 0.6) is 0 Å². The van der Waals surface area contributed by atoms with Crippen LogP contribution in [-0.4, -0.2) is 125 Å². The minimum Gasteiger partial charge on any atom is -0.467 e. The zero-order valence-corrected chi connectivity index (χ0v) is 28.2. The lowest BCUT2D eigenvalue weighted by atomic mass is 9.98. The van der Waals surface area contributed by atoms with E-state index in [2.05, 4.69) is 0 Å². The third-order valence-electron chi connectivity index (χ3n) is 8.20. The Bertz CT molecular complexity index is 1570. The molecule has 272 valence electrons. The van der Waals surface area contributed by atoms with E-state index in [1.807, 2.05) is 6.07 Å². The van der Waals surface area contributed by atoms with Gasteiger partial charge >= 0.3 is 30.1 Å². The van der Waals surface area contributed by atoms with Gasteiger partial charge in [-0.25, -0.2) is 4.79 Å². The maximum Gasteiger partial charge on any atom is 0.471 e. The maximum atomic E-state index is 14.1. The molecule has 0 aliphatic heterocycles. The number of imide groups is 1. The van der Waals surface area contributed by atoms with Crippen LogP contribution in [0.15, 0.2) is 30.5 Å². The molecule has 49 heavy (non-hydrogen) atoms. The second kappa shape index (κ2) is 15.7. The van der Waals surface area contributed by atoms with Gasteiger partial charge < -0.3 is 24.0 Å². The topological polar surface area (TPSA) is 130 Å². The molecule has 0 N–H and O–H groups in total. The number of methoxy groups -OCH3 is 1. The highest BCUT2D eigenvalue weighted by Crippen LogP contribution is 2.26. The molecule has 12 nitrogen and oxygen atoms in total. The van der Waals surface area contributed by atoms with Crippen LogP contribution in [0.3, 0.4) is 0 Å². The van der Waals surface area contributed by atoms with Gasteiger partial charge in [0, 0.05) is 65.2 Å². The molecule has 0 saturated carbocycles. The van der Waals surface area contributed by atoms with Gasteiger partial charge in [-0.05, 0) is 24.0 Å². The molecule has 18 heteroatoms. The van der Waals surface area contributed by atoms with Crippen molar-refractivity contribution in [1.82, 2.24) is 24.2 Å². The molecular formula is C31H39F6N5O7. The number of ether oxygens (including phenoxy) is 1. The van der Waals surface area contributed by atoms with Crippen LogP contribution in [0.25, 0.3) is 10.9 Å². The molecule has 0 bridgehead atoms. The summed E-state index contributed by atoms with van der Waals surface area (Å²) in [5.74, 6) is -10.3. The van der Waals surface area contributed by atoms with Gasteiger partial charge in [0.2, 0.25) is 17.7 Å². The third kappa shape index (κ3) is 9.29. The molecule has 0 fully saturated rings. The Morgan fingerprint density at radius 1 is 0.796 bits per heavy atom. The van der Waals surface area contributed by atoms with Crippen molar-refractivity contribution in [3.05, 3.63) is 36.0 Å². The minimum absolute atomic E-state index is 0.111. The number of likely N-dealkylation sites (N-methyl/N-ethyl adjacent to an activating group) is 3. The van der Waals surface area contributed by atoms with Gasteiger partial charge in [-0.15, -0.1) is 0 Å². The first kappa shape index (κ1) is 40.5. The van der Waals surface area contributed by atoms with E-state index in [9.17, 15) is 55.1 Å². The average Bonchev–Trinajstić information content (AvgIpc) is 3.34. The van der Waals surface area contributed by atoms with Crippen molar-refractivity contribution in [2.24, 2.45) is 13.0 Å². The van der Waals surface area contributed by atoms with Gasteiger partial charge in [0.15, 0.2) is 0 Å². The largest absolute Gasteiger partial charge is 0.471 e. The number of amides is 5. The van der Waals surface area contributed by atoms with E-state index in [1.165, 1.54) is 20.9 Å². The molecule has 0 aliphatic rings. The van der Waals surface area contributed by atoms with Crippen LogP contribution >= 0.6 is 0 Å². The summed E-state index contributed by atoms with van der Waals surface area (Å²) in [6, 6.07) is 2.25. The fourth-order valence-electron chi connectivity index (χ4n) is 5.50. The summed E-state index contributed by atoms with van der Waals surface area (Å²) in [5.41, 5.74) is 1.41. The summed E-state index contributed by atoms with van der Waals surface area (Å²) in [6.45, 7) is 2.69. The number of esters is 1. The van der Waals surface area contributed by atoms with Crippen LogP contribution < -0.4 is 0 Å². The van der Waals surface area contributed by atoms with Crippen molar-refractivity contribution < 1.29 is 59.8 Å². The van der Waals surface area contributed by atoms with Crippen LogP contribution in [0, 0.1) is 5.92 Å². The van der Waals surface area contributed by atoms with Crippen molar-refractivity contribution in [2.75, 3.05) is 35.3 Å². The van der Waals surface area contributed by atoms with Gasteiger partial charge in [-0.3, -0.25) is 28.9 Å². The van der Waals surface area contributed by atoms with Gasteiger partial charge in [0.25, 0.3) is 0 Å². The summed E-state index contributed by atoms with van der Waals surface area (Å²) in [7, 11) is 6.33. The van der Waals surface area contributed by atoms with E-state index < -0.39 is 84.7 Å². The molecule has 2 rings (SSSR count). The van der Waals surface area contributed by atoms with E-state index in [0.717, 1.165) is 37.0 Å². The second-order valence-electron chi connectivity index (χ2n) is 11.8. The molecular weight excluding hydrogens is 668 g/mol. The molecule has 0 saturated heterocycles. The minimum atomic E-state index is -5.40. The van der Waals surface area contributed by atoms with E-state index in [4.69, 9.17) is 4.74 Å². The first-order valence-electron chi connectivity index (χ1n) is 14.8. The van der Waals surface area contributed by atoms with Crippen molar-refractivity contribution >= 4 is 46.4 Å². The standard InChI is InChI=1S/C31H39F6N5O7/c1-17(2)24(42(7)29(48)31(35,36)37)26(45)39(4)21(13-14-23(43)41(6)28(47)30(32,33)34)25(44)40(5)22(27(46)49-8)15-18-16-38(3)20-12-10-9-11-19(18)20/h9-12,16-17,21-22,24H,13-15H2,1-8H3. The molecule has 1 heterocycles. The number of halogens is 6. The Hall–Kier alpha value is -4.64. The Labute approximate surface area is 278 Å². The number of carbonyl (C=O) groups excluding carboxylic acids is 6. The molecule has 0 spiro atoms. The summed E-state index contributed by atoms with van der Waals surface area (Å²) in [5, 5.41) is 0.740. The number of hydrogen-bond donors (Lipinski definition) is 0. The van der Waals surface area contributed by atoms with Gasteiger partial charge in [-0.2, -0.15) is 26.3 Å². The highest BCUT2D eigenvalue weighted by atomic mass is 19.4. The zero-order valence-electron chi connectivity index (χ0n) is 28.2. The highest BCUT2D eigenvalue weighted by molar-refractivity contribution is 5.98. The fraction of sp³-hybridized carbons (Fsp3) is 0.548. The van der Waals surface area contributed by atoms with Crippen LogP contribution in [0.4, 0.5) is 26.3 Å². The molecule has 3 atom stereocenters. The first-order valence-corrected chi connectivity index (χ1v) is 14.8. The van der Waals surface area contributed by atoms with Gasteiger partial charge in [0.1, 0.15) is 18.1 Å². The van der Waals surface area contributed by atoms with Gasteiger partial charge in [-0.1, -0.05) is 32.0 Å². The zero-order chi connectivity index (χ0) is 37.8. The average molecular weight is 708 g/mol. The Balaban J connectivity index is 2.57. The number of para-hydroxylation sites is 1. The number of aryl methyl sites for hydroxylation is 1. The lowest BCUT2D eigenvalue weighted by molar-refractivity contribution is -0.188. The number of nitrogens with zero attached hydrogens (tertiary/aromatic N) is 5. The summed E-state index contributed by atoms with van der Waals surface area (Å²) in [6.07, 6.45) is -10.8. The predicted octanol–water partition coefficient (Wildman–Crippen LogP) is 2.92. The number of carbonyl (C=O) groups is 6. The normalized spacial score (nSPS) is 13.8. The molecule has 3 unspecified atom stereocenters. The van der Waals surface area contributed by atoms with E-state index >= 15 is 0 Å². The summed E-state index contributed by atoms with van der Waals surface area (Å²) in [4.78, 5) is 78.8. The smallest absolute Gasteiger partial charge is 0.467 e. The van der Waals surface area contributed by atoms with Crippen molar-refractivity contribution in [1.29, 1.82) is 0 Å². The second-order valence-corrected chi connectivity index (χ2v) is 11.8.